The summed E-state index contributed by atoms with van der Waals surface area (Å²) >= 11 is 0. The van der Waals surface area contributed by atoms with Crippen LogP contribution in [0.4, 0.5) is 0 Å². The lowest BCUT2D eigenvalue weighted by Gasteiger charge is -2.03. The van der Waals surface area contributed by atoms with Crippen molar-refractivity contribution in [2.24, 2.45) is 0 Å². The monoisotopic (exact) mass is 219 g/mol. The summed E-state index contributed by atoms with van der Waals surface area (Å²) in [6.45, 7) is 4.20. The van der Waals surface area contributed by atoms with E-state index in [1.807, 2.05) is 13.0 Å². The Hall–Kier alpha value is -1.97. The largest absolute Gasteiger partial charge is 0.492 e. The normalized spacial score (nSPS) is 10.6. The van der Waals surface area contributed by atoms with Crippen LogP contribution in [0.25, 0.3) is 10.9 Å². The van der Waals surface area contributed by atoms with Gasteiger partial charge in [0, 0.05) is 11.1 Å². The Labute approximate surface area is 92.9 Å². The van der Waals surface area contributed by atoms with Crippen molar-refractivity contribution in [1.82, 2.24) is 4.98 Å². The summed E-state index contributed by atoms with van der Waals surface area (Å²) in [5.74, 6) is -0.229. The van der Waals surface area contributed by atoms with Gasteiger partial charge in [-0.3, -0.25) is 0 Å². The zero-order valence-electron chi connectivity index (χ0n) is 9.20. The number of aromatic nitrogens is 1. The minimum Gasteiger partial charge on any atom is -0.492 e. The van der Waals surface area contributed by atoms with E-state index in [2.05, 4.69) is 4.98 Å². The molecule has 0 saturated carbocycles. The maximum atomic E-state index is 11.1. The summed E-state index contributed by atoms with van der Waals surface area (Å²) in [6, 6.07) is 5.41. The first-order valence-electron chi connectivity index (χ1n) is 5.12. The van der Waals surface area contributed by atoms with Gasteiger partial charge in [-0.05, 0) is 19.9 Å². The quantitative estimate of drug-likeness (QED) is 0.833. The highest BCUT2D eigenvalue weighted by molar-refractivity contribution is 6.06. The molecule has 1 aromatic carbocycles. The summed E-state index contributed by atoms with van der Waals surface area (Å²) in [5.41, 5.74) is 1.71. The standard InChI is InChI=1S/C12H13NO3/c1-3-16-9-6-4-5-8-10(12(14)15)7(2)13-11(8)9/h4-6,13H,3H2,1-2H3,(H,14,15). The topological polar surface area (TPSA) is 62.3 Å². The average Bonchev–Trinajstić information content (AvgIpc) is 2.55. The van der Waals surface area contributed by atoms with Crippen LogP contribution in [0.15, 0.2) is 18.2 Å². The summed E-state index contributed by atoms with van der Waals surface area (Å²) in [4.78, 5) is 14.2. The van der Waals surface area contributed by atoms with Gasteiger partial charge in [0.15, 0.2) is 0 Å². The van der Waals surface area contributed by atoms with Gasteiger partial charge in [-0.25, -0.2) is 4.79 Å². The summed E-state index contributed by atoms with van der Waals surface area (Å²) < 4.78 is 5.44. The lowest BCUT2D eigenvalue weighted by atomic mass is 10.1. The molecule has 0 bridgehead atoms. The van der Waals surface area contributed by atoms with E-state index in [0.29, 0.717) is 29.0 Å². The fraction of sp³-hybridized carbons (Fsp3) is 0.250. The number of H-pyrrole nitrogens is 1. The van der Waals surface area contributed by atoms with Crippen LogP contribution < -0.4 is 4.74 Å². The van der Waals surface area contributed by atoms with E-state index in [1.165, 1.54) is 0 Å². The predicted molar refractivity (Wildman–Crippen MR) is 61.2 cm³/mol. The first-order chi connectivity index (χ1) is 7.65. The third kappa shape index (κ3) is 1.52. The lowest BCUT2D eigenvalue weighted by Crippen LogP contribution is -1.97. The molecule has 0 fully saturated rings. The Morgan fingerprint density at radius 3 is 2.88 bits per heavy atom. The Balaban J connectivity index is 2.72. The summed E-state index contributed by atoms with van der Waals surface area (Å²) in [5, 5.41) is 9.80. The van der Waals surface area contributed by atoms with Crippen molar-refractivity contribution in [3.05, 3.63) is 29.5 Å². The number of aryl methyl sites for hydroxylation is 1. The van der Waals surface area contributed by atoms with Crippen molar-refractivity contribution in [1.29, 1.82) is 0 Å². The minimum absolute atomic E-state index is 0.316. The van der Waals surface area contributed by atoms with Gasteiger partial charge in [-0.15, -0.1) is 0 Å². The second kappa shape index (κ2) is 3.89. The van der Waals surface area contributed by atoms with Crippen LogP contribution in [0.3, 0.4) is 0 Å². The van der Waals surface area contributed by atoms with E-state index in [1.54, 1.807) is 19.1 Å². The Morgan fingerprint density at radius 2 is 2.25 bits per heavy atom. The van der Waals surface area contributed by atoms with E-state index < -0.39 is 5.97 Å². The third-order valence-corrected chi connectivity index (χ3v) is 2.50. The molecule has 0 spiro atoms. The number of carboxylic acids is 1. The molecule has 0 radical (unpaired) electrons. The van der Waals surface area contributed by atoms with Crippen LogP contribution in [0.2, 0.25) is 0 Å². The average molecular weight is 219 g/mol. The number of hydrogen-bond acceptors (Lipinski definition) is 2. The van der Waals surface area contributed by atoms with Gasteiger partial charge in [-0.1, -0.05) is 12.1 Å². The number of rotatable bonds is 3. The molecule has 2 N–H and O–H groups in total. The molecular formula is C12H13NO3. The minimum atomic E-state index is -0.919. The van der Waals surface area contributed by atoms with Crippen molar-refractivity contribution in [2.45, 2.75) is 13.8 Å². The number of aromatic carboxylic acids is 1. The molecule has 0 amide bonds. The molecule has 1 heterocycles. The number of ether oxygens (including phenoxy) is 1. The zero-order chi connectivity index (χ0) is 11.7. The van der Waals surface area contributed by atoms with Crippen LogP contribution in [0, 0.1) is 6.92 Å². The van der Waals surface area contributed by atoms with E-state index in [4.69, 9.17) is 9.84 Å². The Bertz CT molecular complexity index is 542. The molecule has 0 saturated heterocycles. The van der Waals surface area contributed by atoms with Gasteiger partial charge < -0.3 is 14.8 Å². The van der Waals surface area contributed by atoms with Gasteiger partial charge >= 0.3 is 5.97 Å². The van der Waals surface area contributed by atoms with E-state index in [9.17, 15) is 4.79 Å². The highest BCUT2D eigenvalue weighted by Gasteiger charge is 2.16. The first-order valence-corrected chi connectivity index (χ1v) is 5.12. The molecule has 2 aromatic rings. The van der Waals surface area contributed by atoms with Crippen LogP contribution in [-0.4, -0.2) is 22.7 Å². The van der Waals surface area contributed by atoms with E-state index in [-0.39, 0.29) is 0 Å². The molecule has 2 rings (SSSR count). The number of nitrogens with one attached hydrogen (secondary N) is 1. The summed E-state index contributed by atoms with van der Waals surface area (Å²) in [6.07, 6.45) is 0. The summed E-state index contributed by atoms with van der Waals surface area (Å²) in [7, 11) is 0. The molecule has 0 aliphatic rings. The van der Waals surface area contributed by atoms with E-state index in [0.717, 1.165) is 5.52 Å². The van der Waals surface area contributed by atoms with Crippen molar-refractivity contribution >= 4 is 16.9 Å². The number of hydrogen-bond donors (Lipinski definition) is 2. The lowest BCUT2D eigenvalue weighted by molar-refractivity contribution is 0.0698. The number of fused-ring (bicyclic) bond motifs is 1. The molecule has 1 aromatic heterocycles. The van der Waals surface area contributed by atoms with Crippen molar-refractivity contribution in [2.75, 3.05) is 6.61 Å². The highest BCUT2D eigenvalue weighted by atomic mass is 16.5. The van der Waals surface area contributed by atoms with Crippen LogP contribution >= 0.6 is 0 Å². The van der Waals surface area contributed by atoms with Gasteiger partial charge in [0.05, 0.1) is 17.7 Å². The molecule has 0 atom stereocenters. The van der Waals surface area contributed by atoms with Gasteiger partial charge in [0.1, 0.15) is 5.75 Å². The van der Waals surface area contributed by atoms with Crippen LogP contribution in [-0.2, 0) is 0 Å². The molecule has 0 aliphatic heterocycles. The number of benzene rings is 1. The molecule has 0 aliphatic carbocycles. The van der Waals surface area contributed by atoms with Crippen molar-refractivity contribution in [3.8, 4) is 5.75 Å². The van der Waals surface area contributed by atoms with Gasteiger partial charge in [0.25, 0.3) is 0 Å². The molecule has 4 nitrogen and oxygen atoms in total. The smallest absolute Gasteiger partial charge is 0.338 e. The maximum Gasteiger partial charge on any atom is 0.338 e. The third-order valence-electron chi connectivity index (χ3n) is 2.50. The molecule has 84 valence electrons. The Morgan fingerprint density at radius 1 is 1.50 bits per heavy atom. The van der Waals surface area contributed by atoms with E-state index >= 15 is 0 Å². The Kier molecular flexibility index (Phi) is 2.56. The van der Waals surface area contributed by atoms with Crippen LogP contribution in [0.1, 0.15) is 23.0 Å². The van der Waals surface area contributed by atoms with Crippen molar-refractivity contribution < 1.29 is 14.6 Å². The second-order valence-corrected chi connectivity index (χ2v) is 3.54. The fourth-order valence-electron chi connectivity index (χ4n) is 1.87. The maximum absolute atomic E-state index is 11.1. The molecule has 4 heteroatoms. The van der Waals surface area contributed by atoms with Crippen molar-refractivity contribution in [3.63, 3.8) is 0 Å². The number of para-hydroxylation sites is 1. The SMILES string of the molecule is CCOc1cccc2c(C(=O)O)c(C)[nH]c12. The molecule has 16 heavy (non-hydrogen) atoms. The molecular weight excluding hydrogens is 206 g/mol. The number of aromatic amines is 1. The number of carboxylic acid groups (broad SMARTS) is 1. The highest BCUT2D eigenvalue weighted by Crippen LogP contribution is 2.29. The van der Waals surface area contributed by atoms with Gasteiger partial charge in [-0.2, -0.15) is 0 Å². The predicted octanol–water partition coefficient (Wildman–Crippen LogP) is 2.57. The second-order valence-electron chi connectivity index (χ2n) is 3.54. The zero-order valence-corrected chi connectivity index (χ0v) is 9.20. The van der Waals surface area contributed by atoms with Crippen LogP contribution in [0.5, 0.6) is 5.75 Å². The first kappa shape index (κ1) is 10.5. The fourth-order valence-corrected chi connectivity index (χ4v) is 1.87. The molecule has 0 unspecified atom stereocenters. The van der Waals surface area contributed by atoms with Gasteiger partial charge in [0.2, 0.25) is 0 Å². The number of carbonyl (C=O) groups is 1.